The minimum Gasteiger partial charge on any atom is -0.228 e. The first-order valence-electron chi connectivity index (χ1n) is 26.5. The largest absolute Gasteiger partial charge is 0.228 e. The van der Waals surface area contributed by atoms with Gasteiger partial charge < -0.3 is 0 Å². The highest BCUT2D eigenvalue weighted by Gasteiger charge is 2.49. The van der Waals surface area contributed by atoms with Crippen LogP contribution in [0, 0.1) is 0 Å². The minimum atomic E-state index is -0.637. The van der Waals surface area contributed by atoms with Gasteiger partial charge in [0.05, 0.1) is 16.8 Å². The zero-order chi connectivity index (χ0) is 50.5. The van der Waals surface area contributed by atoms with Crippen molar-refractivity contribution < 1.29 is 0 Å². The Morgan fingerprint density at radius 3 is 1.05 bits per heavy atom. The van der Waals surface area contributed by atoms with Gasteiger partial charge in [-0.1, -0.05) is 263 Å². The van der Waals surface area contributed by atoms with Gasteiger partial charge in [-0.15, -0.1) is 0 Å². The van der Waals surface area contributed by atoms with Crippen LogP contribution in [0.1, 0.15) is 47.2 Å². The average molecular weight is 967 g/mol. The molecule has 76 heavy (non-hydrogen) atoms. The van der Waals surface area contributed by atoms with Gasteiger partial charge in [-0.2, -0.15) is 0 Å². The van der Waals surface area contributed by atoms with Gasteiger partial charge in [-0.05, 0) is 129 Å². The molecule has 1 aromatic heterocycles. The molecule has 2 nitrogen and oxygen atoms in total. The lowest BCUT2D eigenvalue weighted by Gasteiger charge is -2.37. The van der Waals surface area contributed by atoms with Crippen molar-refractivity contribution in [2.75, 3.05) is 0 Å². The van der Waals surface area contributed by atoms with E-state index in [2.05, 4.69) is 281 Å². The van der Waals surface area contributed by atoms with Crippen LogP contribution in [0.4, 0.5) is 0 Å². The van der Waals surface area contributed by atoms with Crippen LogP contribution in [0.5, 0.6) is 0 Å². The van der Waals surface area contributed by atoms with Crippen LogP contribution in [0.2, 0.25) is 0 Å². The maximum absolute atomic E-state index is 5.40. The van der Waals surface area contributed by atoms with Gasteiger partial charge in [0.15, 0.2) is 5.82 Å². The first-order chi connectivity index (χ1) is 37.4. The molecule has 3 aliphatic rings. The molecule has 0 saturated heterocycles. The van der Waals surface area contributed by atoms with Crippen molar-refractivity contribution in [2.24, 2.45) is 0 Å². The van der Waals surface area contributed by atoms with E-state index in [0.29, 0.717) is 5.82 Å². The summed E-state index contributed by atoms with van der Waals surface area (Å²) in [6, 6.07) is 98.6. The van der Waals surface area contributed by atoms with Crippen molar-refractivity contribution >= 4 is 0 Å². The van der Waals surface area contributed by atoms with Crippen molar-refractivity contribution in [3.63, 3.8) is 0 Å². The van der Waals surface area contributed by atoms with Crippen LogP contribution in [0.3, 0.4) is 0 Å². The van der Waals surface area contributed by atoms with E-state index in [4.69, 9.17) is 9.97 Å². The molecule has 15 rings (SSSR count). The molecule has 0 amide bonds. The highest BCUT2D eigenvalue weighted by atomic mass is 14.9. The fourth-order valence-corrected chi connectivity index (χ4v) is 13.2. The Kier molecular flexibility index (Phi) is 9.86. The van der Waals surface area contributed by atoms with Crippen molar-refractivity contribution in [1.29, 1.82) is 0 Å². The third-order valence-electron chi connectivity index (χ3n) is 16.8. The van der Waals surface area contributed by atoms with E-state index >= 15 is 0 Å². The zero-order valence-electron chi connectivity index (χ0n) is 42.3. The Morgan fingerprint density at radius 1 is 0.224 bits per heavy atom. The van der Waals surface area contributed by atoms with Crippen LogP contribution >= 0.6 is 0 Å². The van der Waals surface area contributed by atoms with E-state index in [-0.39, 0.29) is 5.41 Å². The van der Waals surface area contributed by atoms with E-state index in [0.717, 1.165) is 39.2 Å². The lowest BCUT2D eigenvalue weighted by Crippen LogP contribution is -2.30. The molecule has 12 aromatic rings. The third-order valence-corrected chi connectivity index (χ3v) is 16.8. The highest BCUT2D eigenvalue weighted by Crippen LogP contribution is 2.61. The van der Waals surface area contributed by atoms with Crippen molar-refractivity contribution in [2.45, 2.75) is 24.7 Å². The summed E-state index contributed by atoms with van der Waals surface area (Å²) in [6.45, 7) is 4.66. The second-order valence-electron chi connectivity index (χ2n) is 21.2. The molecule has 1 heterocycles. The number of aromatic nitrogens is 2. The Bertz CT molecular complexity index is 4210. The summed E-state index contributed by atoms with van der Waals surface area (Å²) in [5, 5.41) is 0. The Labute approximate surface area is 444 Å². The average Bonchev–Trinajstić information content (AvgIpc) is 4.16. The van der Waals surface area contributed by atoms with Gasteiger partial charge in [0.1, 0.15) is 0 Å². The summed E-state index contributed by atoms with van der Waals surface area (Å²) in [5.74, 6) is 0.711. The maximum atomic E-state index is 5.40. The molecule has 0 saturated carbocycles. The van der Waals surface area contributed by atoms with Crippen LogP contribution < -0.4 is 0 Å². The number of nitrogens with zero attached hydrogens (tertiary/aromatic N) is 2. The minimum absolute atomic E-state index is 0.149. The first-order valence-corrected chi connectivity index (χ1v) is 26.5. The molecular weight excluding hydrogens is 917 g/mol. The molecular formula is C74H50N2. The summed E-state index contributed by atoms with van der Waals surface area (Å²) in [5.41, 5.74) is 29.1. The Balaban J connectivity index is 0.884. The van der Waals surface area contributed by atoms with Gasteiger partial charge >= 0.3 is 0 Å². The molecule has 1 spiro atoms. The number of hydrogen-bond acceptors (Lipinski definition) is 2. The summed E-state index contributed by atoms with van der Waals surface area (Å²) in [7, 11) is 0. The van der Waals surface area contributed by atoms with E-state index in [1.807, 2.05) is 0 Å². The molecule has 0 fully saturated rings. The van der Waals surface area contributed by atoms with Crippen molar-refractivity contribution in [3.05, 3.63) is 300 Å². The summed E-state index contributed by atoms with van der Waals surface area (Å²) >= 11 is 0. The predicted molar refractivity (Wildman–Crippen MR) is 314 cm³/mol. The fraction of sp³-hybridized carbons (Fsp3) is 0.0541. The standard InChI is InChI=1S/C74H50N2/c1-73(2)64-28-14-10-26-60(64)62-43-41-53(45-68(62)73)72-75-70(50-36-32-48(33-37-50)47-18-4-3-5-19-47)46-71(76-72)51-38-34-49(35-39-51)52-40-42-63-61-27-13-17-31-67(61)74(69(63)44-52)65-29-15-11-24-58(65)56-22-8-6-20-54(56)55-21-7-9-23-57(55)59-25-12-16-30-66(59)74/h3-46H,1-2H3. The zero-order valence-corrected chi connectivity index (χ0v) is 42.3. The third kappa shape index (κ3) is 6.60. The van der Waals surface area contributed by atoms with E-state index in [9.17, 15) is 0 Å². The van der Waals surface area contributed by atoms with Gasteiger partial charge in [-0.25, -0.2) is 9.97 Å². The Hall–Kier alpha value is -9.50. The second-order valence-corrected chi connectivity index (χ2v) is 21.2. The molecule has 3 aliphatic carbocycles. The highest BCUT2D eigenvalue weighted by molar-refractivity contribution is 5.99. The van der Waals surface area contributed by atoms with Gasteiger partial charge in [0, 0.05) is 22.1 Å². The number of fused-ring (bicyclic) bond motifs is 17. The van der Waals surface area contributed by atoms with E-state index in [1.54, 1.807) is 0 Å². The molecule has 0 N–H and O–H groups in total. The smallest absolute Gasteiger partial charge is 0.160 e. The molecule has 0 atom stereocenters. The fourth-order valence-electron chi connectivity index (χ4n) is 13.2. The summed E-state index contributed by atoms with van der Waals surface area (Å²) in [6.07, 6.45) is 0. The van der Waals surface area contributed by atoms with Gasteiger partial charge in [-0.3, -0.25) is 0 Å². The van der Waals surface area contributed by atoms with Crippen molar-refractivity contribution in [1.82, 2.24) is 9.97 Å². The van der Waals surface area contributed by atoms with E-state index < -0.39 is 5.41 Å². The predicted octanol–water partition coefficient (Wildman–Crippen LogP) is 18.8. The number of rotatable bonds is 5. The molecule has 0 unspecified atom stereocenters. The lowest BCUT2D eigenvalue weighted by atomic mass is 9.64. The summed E-state index contributed by atoms with van der Waals surface area (Å²) < 4.78 is 0. The van der Waals surface area contributed by atoms with Gasteiger partial charge in [0.2, 0.25) is 0 Å². The Morgan fingerprint density at radius 2 is 0.539 bits per heavy atom. The first kappa shape index (κ1) is 44.0. The van der Waals surface area contributed by atoms with Gasteiger partial charge in [0.25, 0.3) is 0 Å². The normalized spacial score (nSPS) is 13.6. The van der Waals surface area contributed by atoms with Crippen LogP contribution in [-0.2, 0) is 10.8 Å². The number of hydrogen-bond donors (Lipinski definition) is 0. The van der Waals surface area contributed by atoms with E-state index in [1.165, 1.54) is 100 Å². The SMILES string of the molecule is CC1(C)c2ccccc2-c2ccc(-c3nc(-c4ccc(-c5ccccc5)cc4)cc(-c4ccc(-c5ccc6c(c5)C5(c7ccccc7-c7ccccc7-c7ccccc7-c7ccccc75)c5ccccc5-6)cc4)n3)cc21. The number of benzene rings is 11. The quantitative estimate of drug-likeness (QED) is 0.172. The monoisotopic (exact) mass is 966 g/mol. The molecule has 0 radical (unpaired) electrons. The van der Waals surface area contributed by atoms with Crippen LogP contribution in [0.25, 0.3) is 112 Å². The molecule has 0 aliphatic heterocycles. The van der Waals surface area contributed by atoms with Crippen LogP contribution in [-0.4, -0.2) is 9.97 Å². The maximum Gasteiger partial charge on any atom is 0.160 e. The lowest BCUT2D eigenvalue weighted by molar-refractivity contribution is 0.660. The molecule has 11 aromatic carbocycles. The van der Waals surface area contributed by atoms with Crippen molar-refractivity contribution in [3.8, 4) is 112 Å². The molecule has 0 bridgehead atoms. The topological polar surface area (TPSA) is 25.8 Å². The molecule has 356 valence electrons. The second kappa shape index (κ2) is 17.0. The molecule has 2 heteroatoms. The summed E-state index contributed by atoms with van der Waals surface area (Å²) in [4.78, 5) is 10.8. The van der Waals surface area contributed by atoms with Crippen LogP contribution in [0.15, 0.2) is 267 Å².